The molecule has 158 valence electrons. The topological polar surface area (TPSA) is 120 Å². The van der Waals surface area contributed by atoms with Crippen molar-refractivity contribution in [3.05, 3.63) is 45.7 Å². The molecule has 0 radical (unpaired) electrons. The van der Waals surface area contributed by atoms with Gasteiger partial charge in [0.15, 0.2) is 5.56 Å². The quantitative estimate of drug-likeness (QED) is 0.589. The van der Waals surface area contributed by atoms with Crippen molar-refractivity contribution in [1.29, 1.82) is 0 Å². The van der Waals surface area contributed by atoms with Crippen LogP contribution in [0, 0.1) is 5.92 Å². The zero-order chi connectivity index (χ0) is 20.6. The normalized spacial score (nSPS) is 16.6. The van der Waals surface area contributed by atoms with Crippen molar-refractivity contribution in [3.8, 4) is 17.0 Å². The molecule has 0 aliphatic carbocycles. The SMILES string of the molecule is CCc1c(-c2ccc(N3CCC(C(C)(C)N)C3)cc2)[nH]c(=O)c(C(=O)O)c1O.Cl. The molecule has 0 bridgehead atoms. The molecule has 29 heavy (non-hydrogen) atoms. The van der Waals surface area contributed by atoms with Crippen molar-refractivity contribution >= 4 is 24.1 Å². The Hall–Kier alpha value is -2.51. The molecule has 2 heterocycles. The van der Waals surface area contributed by atoms with Gasteiger partial charge >= 0.3 is 5.97 Å². The van der Waals surface area contributed by atoms with Crippen molar-refractivity contribution in [2.75, 3.05) is 18.0 Å². The highest BCUT2D eigenvalue weighted by Crippen LogP contribution is 2.33. The second kappa shape index (κ2) is 8.47. The maximum Gasteiger partial charge on any atom is 0.345 e. The molecular formula is C21H28ClN3O4. The molecule has 1 fully saturated rings. The fraction of sp³-hybridized carbons (Fsp3) is 0.429. The molecule has 3 rings (SSSR count). The van der Waals surface area contributed by atoms with Gasteiger partial charge in [-0.3, -0.25) is 4.79 Å². The van der Waals surface area contributed by atoms with Gasteiger partial charge in [0.05, 0.1) is 5.69 Å². The predicted molar refractivity (Wildman–Crippen MR) is 116 cm³/mol. The highest BCUT2D eigenvalue weighted by Gasteiger charge is 2.32. The summed E-state index contributed by atoms with van der Waals surface area (Å²) in [6, 6.07) is 7.70. The summed E-state index contributed by atoms with van der Waals surface area (Å²) in [5, 5.41) is 19.5. The minimum Gasteiger partial charge on any atom is -0.506 e. The van der Waals surface area contributed by atoms with Crippen LogP contribution in [0.15, 0.2) is 29.1 Å². The van der Waals surface area contributed by atoms with Gasteiger partial charge in [0, 0.05) is 29.9 Å². The molecule has 7 nitrogen and oxygen atoms in total. The number of pyridine rings is 1. The molecule has 5 N–H and O–H groups in total. The van der Waals surface area contributed by atoms with Crippen molar-refractivity contribution in [2.45, 2.75) is 39.2 Å². The third kappa shape index (κ3) is 4.41. The zero-order valence-electron chi connectivity index (χ0n) is 16.9. The molecule has 1 aromatic heterocycles. The number of rotatable bonds is 5. The van der Waals surface area contributed by atoms with Crippen molar-refractivity contribution in [3.63, 3.8) is 0 Å². The van der Waals surface area contributed by atoms with E-state index in [-0.39, 0.29) is 17.9 Å². The Labute approximate surface area is 176 Å². The highest BCUT2D eigenvalue weighted by molar-refractivity contribution is 5.92. The Kier molecular flexibility index (Phi) is 6.65. The van der Waals surface area contributed by atoms with Crippen LogP contribution in [0.5, 0.6) is 5.75 Å². The smallest absolute Gasteiger partial charge is 0.345 e. The third-order valence-electron chi connectivity index (χ3n) is 5.62. The Morgan fingerprint density at radius 1 is 1.31 bits per heavy atom. The van der Waals surface area contributed by atoms with Crippen molar-refractivity contribution in [1.82, 2.24) is 4.98 Å². The van der Waals surface area contributed by atoms with E-state index in [0.717, 1.165) is 30.8 Å². The summed E-state index contributed by atoms with van der Waals surface area (Å²) >= 11 is 0. The summed E-state index contributed by atoms with van der Waals surface area (Å²) in [6.07, 6.45) is 1.43. The van der Waals surface area contributed by atoms with Crippen LogP contribution < -0.4 is 16.2 Å². The number of H-pyrrole nitrogens is 1. The first-order valence-electron chi connectivity index (χ1n) is 9.49. The Morgan fingerprint density at radius 2 is 1.93 bits per heavy atom. The number of nitrogens with two attached hydrogens (primary N) is 1. The summed E-state index contributed by atoms with van der Waals surface area (Å²) in [5.74, 6) is -1.48. The van der Waals surface area contributed by atoms with Gasteiger partial charge in [-0.1, -0.05) is 19.1 Å². The van der Waals surface area contributed by atoms with Gasteiger partial charge in [0.2, 0.25) is 0 Å². The first-order chi connectivity index (χ1) is 13.1. The molecule has 1 atom stereocenters. The van der Waals surface area contributed by atoms with Crippen LogP contribution in [0.1, 0.15) is 43.1 Å². The van der Waals surface area contributed by atoms with E-state index >= 15 is 0 Å². The number of aromatic hydroxyl groups is 1. The number of benzene rings is 1. The number of anilines is 1. The maximum absolute atomic E-state index is 12.1. The largest absolute Gasteiger partial charge is 0.506 e. The lowest BCUT2D eigenvalue weighted by Crippen LogP contribution is -2.42. The van der Waals surface area contributed by atoms with Gasteiger partial charge in [-0.25, -0.2) is 4.79 Å². The summed E-state index contributed by atoms with van der Waals surface area (Å²) in [6.45, 7) is 7.75. The molecule has 0 amide bonds. The molecule has 1 saturated heterocycles. The number of aromatic amines is 1. The number of carboxylic acid groups (broad SMARTS) is 1. The van der Waals surface area contributed by atoms with Crippen LogP contribution in [0.4, 0.5) is 5.69 Å². The van der Waals surface area contributed by atoms with E-state index in [9.17, 15) is 14.7 Å². The van der Waals surface area contributed by atoms with Crippen molar-refractivity contribution < 1.29 is 15.0 Å². The van der Waals surface area contributed by atoms with Crippen molar-refractivity contribution in [2.24, 2.45) is 11.7 Å². The van der Waals surface area contributed by atoms with Crippen LogP contribution >= 0.6 is 12.4 Å². The number of hydrogen-bond acceptors (Lipinski definition) is 5. The van der Waals surface area contributed by atoms with Gasteiger partial charge < -0.3 is 25.8 Å². The number of nitrogens with one attached hydrogen (secondary N) is 1. The van der Waals surface area contributed by atoms with E-state index in [1.807, 2.05) is 24.3 Å². The molecule has 8 heteroatoms. The number of nitrogens with zero attached hydrogens (tertiary/aromatic N) is 1. The van der Waals surface area contributed by atoms with Crippen LogP contribution in [0.2, 0.25) is 0 Å². The van der Waals surface area contributed by atoms with E-state index in [4.69, 9.17) is 10.8 Å². The molecule has 1 aromatic carbocycles. The van der Waals surface area contributed by atoms with E-state index in [1.165, 1.54) is 0 Å². The van der Waals surface area contributed by atoms with Crippen LogP contribution in [0.3, 0.4) is 0 Å². The lowest BCUT2D eigenvalue weighted by Gasteiger charge is -2.27. The fourth-order valence-corrected chi connectivity index (χ4v) is 3.86. The molecule has 1 aliphatic heterocycles. The van der Waals surface area contributed by atoms with Gasteiger partial charge in [-0.15, -0.1) is 12.4 Å². The monoisotopic (exact) mass is 421 g/mol. The molecule has 1 aliphatic rings. The lowest BCUT2D eigenvalue weighted by atomic mass is 9.88. The molecule has 1 unspecified atom stereocenters. The molecule has 0 saturated carbocycles. The van der Waals surface area contributed by atoms with E-state index in [2.05, 4.69) is 23.7 Å². The first-order valence-corrected chi connectivity index (χ1v) is 9.49. The number of carboxylic acids is 1. The second-order valence-corrected chi connectivity index (χ2v) is 7.99. The number of halogens is 1. The highest BCUT2D eigenvalue weighted by atomic mass is 35.5. The maximum atomic E-state index is 12.1. The number of aromatic carboxylic acids is 1. The van der Waals surface area contributed by atoms with E-state index in [0.29, 0.717) is 23.6 Å². The number of hydrogen-bond donors (Lipinski definition) is 4. The average molecular weight is 422 g/mol. The summed E-state index contributed by atoms with van der Waals surface area (Å²) < 4.78 is 0. The van der Waals surface area contributed by atoms with Gasteiger partial charge in [0.25, 0.3) is 5.56 Å². The average Bonchev–Trinajstić information content (AvgIpc) is 3.11. The molecular weight excluding hydrogens is 394 g/mol. The van der Waals surface area contributed by atoms with Gasteiger partial charge in [-0.05, 0) is 50.3 Å². The Bertz CT molecular complexity index is 948. The zero-order valence-corrected chi connectivity index (χ0v) is 17.7. The van der Waals surface area contributed by atoms with Crippen LogP contribution in [0.25, 0.3) is 11.3 Å². The lowest BCUT2D eigenvalue weighted by molar-refractivity contribution is 0.0691. The third-order valence-corrected chi connectivity index (χ3v) is 5.62. The van der Waals surface area contributed by atoms with Crippen LogP contribution in [-0.2, 0) is 6.42 Å². The number of aromatic nitrogens is 1. The predicted octanol–water partition coefficient (Wildman–Crippen LogP) is 2.99. The second-order valence-electron chi connectivity index (χ2n) is 7.99. The number of carbonyl (C=O) groups is 1. The molecule has 2 aromatic rings. The Balaban J connectivity index is 0.00000300. The van der Waals surface area contributed by atoms with Crippen LogP contribution in [-0.4, -0.2) is 39.8 Å². The van der Waals surface area contributed by atoms with Gasteiger partial charge in [-0.2, -0.15) is 0 Å². The summed E-state index contributed by atoms with van der Waals surface area (Å²) in [7, 11) is 0. The van der Waals surface area contributed by atoms with Gasteiger partial charge in [0.1, 0.15) is 5.75 Å². The van der Waals surface area contributed by atoms with E-state index in [1.54, 1.807) is 6.92 Å². The first kappa shape index (κ1) is 22.8. The Morgan fingerprint density at radius 3 is 2.41 bits per heavy atom. The fourth-order valence-electron chi connectivity index (χ4n) is 3.86. The minimum atomic E-state index is -1.44. The standard InChI is InChI=1S/C21H27N3O4.ClH/c1-4-15-17(23-19(26)16(18(15)25)20(27)28)12-5-7-14(8-6-12)24-10-9-13(11-24)21(2,3)22;/h5-8,13H,4,9-11,22H2,1-3H3,(H,27,28)(H2,23,25,26);1H. The molecule has 0 spiro atoms. The summed E-state index contributed by atoms with van der Waals surface area (Å²) in [5.41, 5.74) is 7.26. The minimum absolute atomic E-state index is 0. The summed E-state index contributed by atoms with van der Waals surface area (Å²) in [4.78, 5) is 28.3. The van der Waals surface area contributed by atoms with E-state index < -0.39 is 22.8 Å².